The smallest absolute Gasteiger partial charge is 0.416 e. The molecule has 0 saturated carbocycles. The summed E-state index contributed by atoms with van der Waals surface area (Å²) in [6, 6.07) is 5.71. The van der Waals surface area contributed by atoms with Gasteiger partial charge in [-0.25, -0.2) is 19.7 Å². The Morgan fingerprint density at radius 2 is 1.62 bits per heavy atom. The van der Waals surface area contributed by atoms with Crippen LogP contribution in [0.15, 0.2) is 48.8 Å². The lowest BCUT2D eigenvalue weighted by molar-refractivity contribution is -0.143. The first kappa shape index (κ1) is 27.7. The van der Waals surface area contributed by atoms with Gasteiger partial charge in [0.1, 0.15) is 6.61 Å². The van der Waals surface area contributed by atoms with E-state index in [-0.39, 0.29) is 37.3 Å². The van der Waals surface area contributed by atoms with Crippen molar-refractivity contribution in [2.45, 2.75) is 25.5 Å². The van der Waals surface area contributed by atoms with Crippen molar-refractivity contribution in [3.05, 3.63) is 71.2 Å². The Hall–Kier alpha value is -4.30. The fourth-order valence-corrected chi connectivity index (χ4v) is 3.91. The first-order chi connectivity index (χ1) is 18.4. The molecule has 208 valence electrons. The van der Waals surface area contributed by atoms with Gasteiger partial charge in [0.2, 0.25) is 5.95 Å². The maximum absolute atomic E-state index is 13.1. The third-order valence-corrected chi connectivity index (χ3v) is 5.82. The van der Waals surface area contributed by atoms with E-state index >= 15 is 0 Å². The number of hydrogen-bond donors (Lipinski definition) is 2. The highest BCUT2D eigenvalue weighted by molar-refractivity contribution is 5.74. The number of rotatable bonds is 6. The first-order valence-corrected chi connectivity index (χ1v) is 11.6. The minimum absolute atomic E-state index is 0.0448. The van der Waals surface area contributed by atoms with Gasteiger partial charge in [-0.2, -0.15) is 26.3 Å². The molecule has 4 rings (SSSR count). The number of alkyl halides is 6. The highest BCUT2D eigenvalue weighted by Crippen LogP contribution is 2.36. The predicted molar refractivity (Wildman–Crippen MR) is 127 cm³/mol. The van der Waals surface area contributed by atoms with Crippen LogP contribution in [0.5, 0.6) is 5.75 Å². The molecule has 2 amide bonds. The summed E-state index contributed by atoms with van der Waals surface area (Å²) in [6.07, 6.45) is -6.83. The van der Waals surface area contributed by atoms with Gasteiger partial charge in [0.25, 0.3) is 0 Å². The van der Waals surface area contributed by atoms with E-state index in [1.54, 1.807) is 24.4 Å². The summed E-state index contributed by atoms with van der Waals surface area (Å²) in [6.45, 7) is 0.824. The molecule has 0 unspecified atom stereocenters. The van der Waals surface area contributed by atoms with Crippen LogP contribution in [0.2, 0.25) is 0 Å². The standard InChI is InChI=1S/C24H23F6N7O2/c25-23(26,27)16-10-15(11-17(12-16)24(28,29)30)13-34-22(38)37-8-6-36(7-9-37)20-19(2-1-4-32-20)39-14-18-3-5-33-21(31)35-18/h1-5,10-12H,6-9,13-14H2,(H,34,38)(H2,31,33,35). The van der Waals surface area contributed by atoms with Gasteiger partial charge in [-0.1, -0.05) is 0 Å². The number of piperazine rings is 1. The van der Waals surface area contributed by atoms with Gasteiger partial charge in [-0.15, -0.1) is 0 Å². The molecule has 1 saturated heterocycles. The quantitative estimate of drug-likeness (QED) is 0.441. The Bertz CT molecular complexity index is 1280. The zero-order valence-corrected chi connectivity index (χ0v) is 20.3. The van der Waals surface area contributed by atoms with Crippen LogP contribution in [-0.2, 0) is 25.5 Å². The number of urea groups is 1. The van der Waals surface area contributed by atoms with E-state index in [2.05, 4.69) is 20.3 Å². The molecule has 0 spiro atoms. The third kappa shape index (κ3) is 7.18. The van der Waals surface area contributed by atoms with Crippen molar-refractivity contribution >= 4 is 17.8 Å². The number of carbonyl (C=O) groups excluding carboxylic acids is 1. The summed E-state index contributed by atoms with van der Waals surface area (Å²) in [4.78, 5) is 28.2. The molecule has 2 aromatic heterocycles. The number of halogens is 6. The number of amides is 2. The maximum atomic E-state index is 13.1. The monoisotopic (exact) mass is 555 g/mol. The zero-order chi connectivity index (χ0) is 28.2. The number of nitrogens with zero attached hydrogens (tertiary/aromatic N) is 5. The number of nitrogen functional groups attached to an aromatic ring is 1. The van der Waals surface area contributed by atoms with E-state index in [1.165, 1.54) is 11.1 Å². The van der Waals surface area contributed by atoms with E-state index in [4.69, 9.17) is 10.5 Å². The summed E-state index contributed by atoms with van der Waals surface area (Å²) < 4.78 is 84.4. The van der Waals surface area contributed by atoms with E-state index < -0.39 is 36.1 Å². The molecular formula is C24H23F6N7O2. The molecule has 3 N–H and O–H groups in total. The van der Waals surface area contributed by atoms with Crippen molar-refractivity contribution in [1.82, 2.24) is 25.2 Å². The summed E-state index contributed by atoms with van der Waals surface area (Å²) >= 11 is 0. The predicted octanol–water partition coefficient (Wildman–Crippen LogP) is 4.10. The van der Waals surface area contributed by atoms with Gasteiger partial charge in [0.05, 0.1) is 16.8 Å². The van der Waals surface area contributed by atoms with E-state index in [1.807, 2.05) is 4.90 Å². The van der Waals surface area contributed by atoms with Gasteiger partial charge in [-0.05, 0) is 42.0 Å². The number of nitrogens with two attached hydrogens (primary N) is 1. The molecule has 1 aromatic carbocycles. The maximum Gasteiger partial charge on any atom is 0.416 e. The fraction of sp³-hybridized carbons (Fsp3) is 0.333. The van der Waals surface area contributed by atoms with Gasteiger partial charge >= 0.3 is 18.4 Å². The molecule has 0 atom stereocenters. The normalized spacial score (nSPS) is 14.3. The number of benzene rings is 1. The van der Waals surface area contributed by atoms with Crippen LogP contribution >= 0.6 is 0 Å². The molecule has 1 aliphatic heterocycles. The van der Waals surface area contributed by atoms with Crippen molar-refractivity contribution in [3.63, 3.8) is 0 Å². The third-order valence-electron chi connectivity index (χ3n) is 5.82. The van der Waals surface area contributed by atoms with Gasteiger partial charge in [0.15, 0.2) is 11.6 Å². The van der Waals surface area contributed by atoms with Crippen LogP contribution in [-0.4, -0.2) is 52.1 Å². The second-order valence-electron chi connectivity index (χ2n) is 8.57. The highest BCUT2D eigenvalue weighted by atomic mass is 19.4. The topological polar surface area (TPSA) is 109 Å². The van der Waals surface area contributed by atoms with Crippen LogP contribution in [0.25, 0.3) is 0 Å². The number of nitrogens with one attached hydrogen (secondary N) is 1. The van der Waals surface area contributed by atoms with Crippen molar-refractivity contribution in [1.29, 1.82) is 0 Å². The van der Waals surface area contributed by atoms with Crippen molar-refractivity contribution in [2.24, 2.45) is 0 Å². The van der Waals surface area contributed by atoms with Gasteiger partial charge in [0, 0.05) is 45.1 Å². The summed E-state index contributed by atoms with van der Waals surface area (Å²) in [5.41, 5.74) is 2.97. The molecule has 0 aliphatic carbocycles. The summed E-state index contributed by atoms with van der Waals surface area (Å²) in [7, 11) is 0. The van der Waals surface area contributed by atoms with E-state index in [0.717, 1.165) is 0 Å². The Labute approximate surface area is 218 Å². The van der Waals surface area contributed by atoms with E-state index in [0.29, 0.717) is 42.5 Å². The number of carbonyl (C=O) groups is 1. The summed E-state index contributed by atoms with van der Waals surface area (Å²) in [5.74, 6) is 1.14. The Balaban J connectivity index is 1.35. The number of pyridine rings is 1. The minimum Gasteiger partial charge on any atom is -0.483 e. The number of ether oxygens (including phenoxy) is 1. The molecule has 3 aromatic rings. The second-order valence-corrected chi connectivity index (χ2v) is 8.57. The number of aromatic nitrogens is 3. The lowest BCUT2D eigenvalue weighted by Crippen LogP contribution is -2.52. The molecular weight excluding hydrogens is 532 g/mol. The fourth-order valence-electron chi connectivity index (χ4n) is 3.91. The number of anilines is 2. The molecule has 15 heteroatoms. The lowest BCUT2D eigenvalue weighted by Gasteiger charge is -2.35. The molecule has 0 radical (unpaired) electrons. The van der Waals surface area contributed by atoms with Crippen molar-refractivity contribution in [3.8, 4) is 5.75 Å². The van der Waals surface area contributed by atoms with Crippen LogP contribution < -0.4 is 20.7 Å². The van der Waals surface area contributed by atoms with Crippen LogP contribution in [0.4, 0.5) is 42.9 Å². The second kappa shape index (κ2) is 11.2. The molecule has 1 fully saturated rings. The van der Waals surface area contributed by atoms with Crippen molar-refractivity contribution in [2.75, 3.05) is 36.8 Å². The largest absolute Gasteiger partial charge is 0.483 e. The molecule has 3 heterocycles. The molecule has 1 aliphatic rings. The lowest BCUT2D eigenvalue weighted by atomic mass is 10.0. The van der Waals surface area contributed by atoms with Crippen LogP contribution in [0.3, 0.4) is 0 Å². The van der Waals surface area contributed by atoms with E-state index in [9.17, 15) is 31.1 Å². The Kier molecular flexibility index (Phi) is 7.97. The number of hydrogen-bond acceptors (Lipinski definition) is 7. The molecule has 9 nitrogen and oxygen atoms in total. The minimum atomic E-state index is -4.97. The Morgan fingerprint density at radius 3 is 2.23 bits per heavy atom. The molecule has 0 bridgehead atoms. The van der Waals surface area contributed by atoms with Crippen LogP contribution in [0, 0.1) is 0 Å². The summed E-state index contributed by atoms with van der Waals surface area (Å²) in [5, 5.41) is 2.41. The average molecular weight is 555 g/mol. The molecule has 39 heavy (non-hydrogen) atoms. The Morgan fingerprint density at radius 1 is 0.949 bits per heavy atom. The van der Waals surface area contributed by atoms with Gasteiger partial charge in [-0.3, -0.25) is 0 Å². The zero-order valence-electron chi connectivity index (χ0n) is 20.3. The SMILES string of the molecule is Nc1nccc(COc2cccnc2N2CCN(C(=O)NCc3cc(C(F)(F)F)cc(C(F)(F)F)c3)CC2)n1. The van der Waals surface area contributed by atoms with Crippen molar-refractivity contribution < 1.29 is 35.9 Å². The average Bonchev–Trinajstić information content (AvgIpc) is 2.90. The first-order valence-electron chi connectivity index (χ1n) is 11.6. The van der Waals surface area contributed by atoms with Gasteiger partial charge < -0.3 is 25.6 Å². The van der Waals surface area contributed by atoms with Crippen LogP contribution in [0.1, 0.15) is 22.4 Å². The highest BCUT2D eigenvalue weighted by Gasteiger charge is 2.37.